The fraction of sp³-hybridized carbons (Fsp3) is 0.143. The lowest BCUT2D eigenvalue weighted by Crippen LogP contribution is -2.14. The molecule has 0 saturated carbocycles. The van der Waals surface area contributed by atoms with Crippen LogP contribution in [-0.2, 0) is 10.0 Å². The number of hydrogen-bond donors (Lipinski definition) is 1. The summed E-state index contributed by atoms with van der Waals surface area (Å²) in [4.78, 5) is -0.0596. The second-order valence-corrected chi connectivity index (χ2v) is 7.28. The topological polar surface area (TPSA) is 64.6 Å². The van der Waals surface area contributed by atoms with E-state index in [1.807, 2.05) is 0 Å². The molecule has 124 valence electrons. The highest BCUT2D eigenvalue weighted by Gasteiger charge is 2.21. The van der Waals surface area contributed by atoms with E-state index in [2.05, 4.69) is 20.7 Å². The Morgan fingerprint density at radius 2 is 1.74 bits per heavy atom. The Morgan fingerprint density at radius 1 is 1.13 bits per heavy atom. The molecule has 0 aliphatic carbocycles. The third kappa shape index (κ3) is 3.88. The smallest absolute Gasteiger partial charge is 0.263 e. The molecule has 9 heteroatoms. The molecular formula is C14H12BrClFNO4S. The average molecular weight is 425 g/mol. The van der Waals surface area contributed by atoms with E-state index in [0.717, 1.165) is 6.07 Å². The zero-order chi connectivity index (χ0) is 17.2. The minimum atomic E-state index is -3.94. The number of halogens is 3. The number of anilines is 1. The fourth-order valence-electron chi connectivity index (χ4n) is 1.81. The molecule has 0 aromatic heterocycles. The second kappa shape index (κ2) is 6.94. The van der Waals surface area contributed by atoms with Crippen molar-refractivity contribution in [1.82, 2.24) is 0 Å². The first-order valence-corrected chi connectivity index (χ1v) is 8.83. The van der Waals surface area contributed by atoms with Gasteiger partial charge < -0.3 is 9.47 Å². The van der Waals surface area contributed by atoms with Crippen LogP contribution >= 0.6 is 27.5 Å². The number of ether oxygens (including phenoxy) is 2. The van der Waals surface area contributed by atoms with Crippen molar-refractivity contribution in [3.05, 3.63) is 45.6 Å². The third-order valence-electron chi connectivity index (χ3n) is 2.90. The number of nitrogens with one attached hydrogen (secondary N) is 1. The highest BCUT2D eigenvalue weighted by Crippen LogP contribution is 2.36. The van der Waals surface area contributed by atoms with Gasteiger partial charge in [0.25, 0.3) is 10.0 Å². The van der Waals surface area contributed by atoms with E-state index in [0.29, 0.717) is 5.75 Å². The van der Waals surface area contributed by atoms with Crippen LogP contribution in [0.5, 0.6) is 11.5 Å². The maximum atomic E-state index is 13.2. The molecule has 0 aliphatic rings. The molecule has 0 spiro atoms. The summed E-state index contributed by atoms with van der Waals surface area (Å²) in [5.74, 6) is -0.00160. The Morgan fingerprint density at radius 3 is 2.30 bits per heavy atom. The van der Waals surface area contributed by atoms with E-state index < -0.39 is 15.8 Å². The van der Waals surface area contributed by atoms with Crippen molar-refractivity contribution >= 4 is 43.2 Å². The van der Waals surface area contributed by atoms with Crippen molar-refractivity contribution in [3.8, 4) is 11.5 Å². The van der Waals surface area contributed by atoms with Crippen LogP contribution in [0.15, 0.2) is 39.7 Å². The Bertz CT molecular complexity index is 845. The molecule has 0 amide bonds. The number of benzene rings is 2. The zero-order valence-corrected chi connectivity index (χ0v) is 15.2. The molecule has 0 heterocycles. The van der Waals surface area contributed by atoms with E-state index in [4.69, 9.17) is 21.1 Å². The van der Waals surface area contributed by atoms with Gasteiger partial charge in [-0.2, -0.15) is 0 Å². The summed E-state index contributed by atoms with van der Waals surface area (Å²) < 4.78 is 51.0. The summed E-state index contributed by atoms with van der Waals surface area (Å²) in [6.07, 6.45) is 0. The van der Waals surface area contributed by atoms with Crippen LogP contribution in [0, 0.1) is 5.82 Å². The molecule has 2 aromatic carbocycles. The Hall–Kier alpha value is -1.51. The van der Waals surface area contributed by atoms with Crippen molar-refractivity contribution in [1.29, 1.82) is 0 Å². The highest BCUT2D eigenvalue weighted by molar-refractivity contribution is 9.10. The standard InChI is InChI=1S/C14H12BrClFNO4S/c1-21-12-6-9(15)14(7-13(12)22-2)23(19,20)18-8-3-4-11(17)10(16)5-8/h3-7,18H,1-2H3. The van der Waals surface area contributed by atoms with Gasteiger partial charge in [-0.05, 0) is 40.2 Å². The van der Waals surface area contributed by atoms with Gasteiger partial charge in [0.1, 0.15) is 10.7 Å². The lowest BCUT2D eigenvalue weighted by molar-refractivity contribution is 0.353. The number of hydrogen-bond acceptors (Lipinski definition) is 4. The fourth-order valence-corrected chi connectivity index (χ4v) is 4.08. The SMILES string of the molecule is COc1cc(Br)c(S(=O)(=O)Nc2ccc(F)c(Cl)c2)cc1OC. The van der Waals surface area contributed by atoms with E-state index in [-0.39, 0.29) is 25.8 Å². The Labute approximate surface area is 146 Å². The summed E-state index contributed by atoms with van der Waals surface area (Å²) in [5.41, 5.74) is 0.137. The van der Waals surface area contributed by atoms with Gasteiger partial charge in [0.15, 0.2) is 11.5 Å². The monoisotopic (exact) mass is 423 g/mol. The van der Waals surface area contributed by atoms with E-state index in [1.54, 1.807) is 0 Å². The zero-order valence-electron chi connectivity index (χ0n) is 12.1. The largest absolute Gasteiger partial charge is 0.493 e. The normalized spacial score (nSPS) is 11.2. The van der Waals surface area contributed by atoms with Crippen LogP contribution in [-0.4, -0.2) is 22.6 Å². The van der Waals surface area contributed by atoms with Crippen molar-refractivity contribution < 1.29 is 22.3 Å². The van der Waals surface area contributed by atoms with Crippen molar-refractivity contribution in [2.45, 2.75) is 4.90 Å². The van der Waals surface area contributed by atoms with Gasteiger partial charge in [0.2, 0.25) is 0 Å². The number of methoxy groups -OCH3 is 2. The first-order valence-electron chi connectivity index (χ1n) is 6.18. The summed E-state index contributed by atoms with van der Waals surface area (Å²) in [6.45, 7) is 0. The van der Waals surface area contributed by atoms with Gasteiger partial charge in [0.05, 0.1) is 24.9 Å². The first kappa shape index (κ1) is 17.8. The van der Waals surface area contributed by atoms with Gasteiger partial charge in [-0.1, -0.05) is 11.6 Å². The molecule has 0 unspecified atom stereocenters. The molecule has 0 bridgehead atoms. The molecule has 0 saturated heterocycles. The van der Waals surface area contributed by atoms with E-state index in [9.17, 15) is 12.8 Å². The average Bonchev–Trinajstić information content (AvgIpc) is 2.50. The molecule has 0 fully saturated rings. The number of sulfonamides is 1. The summed E-state index contributed by atoms with van der Waals surface area (Å²) in [5, 5.41) is -0.184. The predicted molar refractivity (Wildman–Crippen MR) is 89.5 cm³/mol. The van der Waals surface area contributed by atoms with Crippen LogP contribution < -0.4 is 14.2 Å². The van der Waals surface area contributed by atoms with Crippen LogP contribution in [0.2, 0.25) is 5.02 Å². The summed E-state index contributed by atoms with van der Waals surface area (Å²) in [7, 11) is -1.10. The molecule has 1 N–H and O–H groups in total. The van der Waals surface area contributed by atoms with Crippen molar-refractivity contribution in [2.75, 3.05) is 18.9 Å². The van der Waals surface area contributed by atoms with Crippen molar-refractivity contribution in [3.63, 3.8) is 0 Å². The second-order valence-electron chi connectivity index (χ2n) is 4.37. The van der Waals surface area contributed by atoms with Gasteiger partial charge in [0, 0.05) is 10.5 Å². The Kier molecular flexibility index (Phi) is 5.38. The minimum Gasteiger partial charge on any atom is -0.493 e. The lowest BCUT2D eigenvalue weighted by atomic mass is 10.3. The van der Waals surface area contributed by atoms with Gasteiger partial charge in [-0.15, -0.1) is 0 Å². The van der Waals surface area contributed by atoms with Gasteiger partial charge in [-0.25, -0.2) is 12.8 Å². The minimum absolute atomic E-state index is 0.0596. The van der Waals surface area contributed by atoms with Gasteiger partial charge in [-0.3, -0.25) is 4.72 Å². The lowest BCUT2D eigenvalue weighted by Gasteiger charge is -2.13. The van der Waals surface area contributed by atoms with Crippen LogP contribution in [0.1, 0.15) is 0 Å². The Balaban J connectivity index is 2.45. The molecule has 23 heavy (non-hydrogen) atoms. The highest BCUT2D eigenvalue weighted by atomic mass is 79.9. The number of rotatable bonds is 5. The third-order valence-corrected chi connectivity index (χ3v) is 5.53. The van der Waals surface area contributed by atoms with Crippen LogP contribution in [0.3, 0.4) is 0 Å². The van der Waals surface area contributed by atoms with Gasteiger partial charge >= 0.3 is 0 Å². The van der Waals surface area contributed by atoms with E-state index >= 15 is 0 Å². The van der Waals surface area contributed by atoms with Crippen LogP contribution in [0.25, 0.3) is 0 Å². The summed E-state index contributed by atoms with van der Waals surface area (Å²) >= 11 is 8.84. The molecule has 2 aromatic rings. The molecule has 0 atom stereocenters. The maximum Gasteiger partial charge on any atom is 0.263 e. The maximum absolute atomic E-state index is 13.2. The molecule has 2 rings (SSSR count). The first-order chi connectivity index (χ1) is 10.8. The van der Waals surface area contributed by atoms with E-state index in [1.165, 1.54) is 38.5 Å². The molecule has 0 aliphatic heterocycles. The summed E-state index contributed by atoms with van der Waals surface area (Å²) in [6, 6.07) is 6.32. The predicted octanol–water partition coefficient (Wildman–Crippen LogP) is 4.06. The molecular weight excluding hydrogens is 413 g/mol. The van der Waals surface area contributed by atoms with Crippen LogP contribution in [0.4, 0.5) is 10.1 Å². The molecule has 5 nitrogen and oxygen atoms in total. The van der Waals surface area contributed by atoms with Crippen molar-refractivity contribution in [2.24, 2.45) is 0 Å². The quantitative estimate of drug-likeness (QED) is 0.786. The molecule has 0 radical (unpaired) electrons.